The van der Waals surface area contributed by atoms with Crippen molar-refractivity contribution in [2.45, 2.75) is 19.8 Å². The van der Waals surface area contributed by atoms with E-state index < -0.39 is 0 Å². The van der Waals surface area contributed by atoms with E-state index in [1.807, 2.05) is 18.2 Å². The summed E-state index contributed by atoms with van der Waals surface area (Å²) in [5.74, 6) is -0.160. The van der Waals surface area contributed by atoms with Crippen molar-refractivity contribution in [2.75, 3.05) is 11.9 Å². The lowest BCUT2D eigenvalue weighted by Gasteiger charge is -2.04. The first-order valence-electron chi connectivity index (χ1n) is 5.51. The van der Waals surface area contributed by atoms with Crippen LogP contribution in [-0.4, -0.2) is 23.7 Å². The van der Waals surface area contributed by atoms with E-state index in [1.54, 1.807) is 13.0 Å². The van der Waals surface area contributed by atoms with Crippen LogP contribution >= 0.6 is 15.9 Å². The van der Waals surface area contributed by atoms with E-state index in [9.17, 15) is 9.59 Å². The molecule has 1 rings (SSSR count). The molecule has 0 atom stereocenters. The molecule has 92 valence electrons. The van der Waals surface area contributed by atoms with Gasteiger partial charge in [-0.3, -0.25) is 9.59 Å². The van der Waals surface area contributed by atoms with Crippen LogP contribution in [0.25, 0.3) is 0 Å². The number of alkyl halides is 1. The van der Waals surface area contributed by atoms with Gasteiger partial charge in [0.2, 0.25) is 0 Å². The van der Waals surface area contributed by atoms with Crippen LogP contribution in [0.1, 0.15) is 29.3 Å². The van der Waals surface area contributed by atoms with Gasteiger partial charge < -0.3 is 4.74 Å². The first-order valence-corrected chi connectivity index (χ1v) is 6.63. The predicted octanol–water partition coefficient (Wildman–Crippen LogP) is 2.76. The highest BCUT2D eigenvalue weighted by molar-refractivity contribution is 9.09. The van der Waals surface area contributed by atoms with Crippen molar-refractivity contribution in [3.05, 3.63) is 35.4 Å². The van der Waals surface area contributed by atoms with E-state index in [4.69, 9.17) is 4.74 Å². The number of Topliss-reactive ketones (excluding diaryl/α,β-unsaturated/α-hetero) is 1. The van der Waals surface area contributed by atoms with Crippen molar-refractivity contribution in [1.82, 2.24) is 0 Å². The molecule has 0 bridgehead atoms. The summed E-state index contributed by atoms with van der Waals surface area (Å²) in [6.07, 6.45) is 0.946. The number of carbonyl (C=O) groups excluding carboxylic acids is 2. The smallest absolute Gasteiger partial charge is 0.306 e. The third-order valence-corrected chi connectivity index (χ3v) is 2.80. The number of ether oxygens (including phenoxy) is 1. The summed E-state index contributed by atoms with van der Waals surface area (Å²) in [5, 5.41) is 0.314. The molecule has 0 aliphatic carbocycles. The van der Waals surface area contributed by atoms with Gasteiger partial charge in [0.1, 0.15) is 0 Å². The Bertz CT molecular complexity index is 401. The zero-order valence-electron chi connectivity index (χ0n) is 9.74. The second-order valence-electron chi connectivity index (χ2n) is 3.56. The van der Waals surface area contributed by atoms with Crippen molar-refractivity contribution in [1.29, 1.82) is 0 Å². The van der Waals surface area contributed by atoms with E-state index in [-0.39, 0.29) is 11.8 Å². The summed E-state index contributed by atoms with van der Waals surface area (Å²) >= 11 is 3.14. The fourth-order valence-corrected chi connectivity index (χ4v) is 1.78. The summed E-state index contributed by atoms with van der Waals surface area (Å²) in [7, 11) is 0. The van der Waals surface area contributed by atoms with Gasteiger partial charge in [0.15, 0.2) is 5.78 Å². The maximum atomic E-state index is 11.5. The summed E-state index contributed by atoms with van der Waals surface area (Å²) in [5.41, 5.74) is 1.65. The Labute approximate surface area is 109 Å². The van der Waals surface area contributed by atoms with Gasteiger partial charge in [0.25, 0.3) is 0 Å². The summed E-state index contributed by atoms with van der Waals surface area (Å²) in [6.45, 7) is 2.19. The number of esters is 1. The van der Waals surface area contributed by atoms with Crippen molar-refractivity contribution in [3.63, 3.8) is 0 Å². The third kappa shape index (κ3) is 4.69. The SMILES string of the molecule is CCOC(=O)CCc1cccc(C(=O)CBr)c1. The van der Waals surface area contributed by atoms with Crippen molar-refractivity contribution in [3.8, 4) is 0 Å². The van der Waals surface area contributed by atoms with Gasteiger partial charge >= 0.3 is 5.97 Å². The Morgan fingerprint density at radius 3 is 2.76 bits per heavy atom. The van der Waals surface area contributed by atoms with Crippen LogP contribution in [0.5, 0.6) is 0 Å². The number of hydrogen-bond acceptors (Lipinski definition) is 3. The Morgan fingerprint density at radius 1 is 1.35 bits per heavy atom. The molecular formula is C13H15BrO3. The van der Waals surface area contributed by atoms with Crippen LogP contribution in [0, 0.1) is 0 Å². The van der Waals surface area contributed by atoms with Gasteiger partial charge in [0, 0.05) is 12.0 Å². The van der Waals surface area contributed by atoms with E-state index in [0.717, 1.165) is 5.56 Å². The molecule has 0 saturated heterocycles. The van der Waals surface area contributed by atoms with Crippen LogP contribution in [0.2, 0.25) is 0 Å². The third-order valence-electron chi connectivity index (χ3n) is 2.29. The van der Waals surface area contributed by atoms with Crippen LogP contribution in [0.4, 0.5) is 0 Å². The number of benzene rings is 1. The quantitative estimate of drug-likeness (QED) is 0.461. The molecule has 0 spiro atoms. The molecule has 0 unspecified atom stereocenters. The van der Waals surface area contributed by atoms with E-state index >= 15 is 0 Å². The Morgan fingerprint density at radius 2 is 2.12 bits per heavy atom. The minimum absolute atomic E-state index is 0.0444. The molecule has 4 heteroatoms. The number of aryl methyl sites for hydroxylation is 1. The largest absolute Gasteiger partial charge is 0.466 e. The zero-order chi connectivity index (χ0) is 12.7. The fraction of sp³-hybridized carbons (Fsp3) is 0.385. The number of carbonyl (C=O) groups is 2. The minimum atomic E-state index is -0.204. The molecule has 0 radical (unpaired) electrons. The molecule has 1 aromatic rings. The highest BCUT2D eigenvalue weighted by Crippen LogP contribution is 2.10. The van der Waals surface area contributed by atoms with Crippen molar-refractivity contribution in [2.24, 2.45) is 0 Å². The fourth-order valence-electron chi connectivity index (χ4n) is 1.46. The predicted molar refractivity (Wildman–Crippen MR) is 69.5 cm³/mol. The van der Waals surface area contributed by atoms with Gasteiger partial charge in [-0.05, 0) is 25.0 Å². The summed E-state index contributed by atoms with van der Waals surface area (Å²) in [4.78, 5) is 22.7. The highest BCUT2D eigenvalue weighted by atomic mass is 79.9. The van der Waals surface area contributed by atoms with Gasteiger partial charge in [-0.2, -0.15) is 0 Å². The first-order chi connectivity index (χ1) is 8.17. The normalized spacial score (nSPS) is 10.0. The average Bonchev–Trinajstić information content (AvgIpc) is 2.36. The van der Waals surface area contributed by atoms with Gasteiger partial charge in [-0.25, -0.2) is 0 Å². The monoisotopic (exact) mass is 298 g/mol. The Balaban J connectivity index is 2.60. The second kappa shape index (κ2) is 7.22. The molecule has 0 saturated carbocycles. The lowest BCUT2D eigenvalue weighted by molar-refractivity contribution is -0.143. The van der Waals surface area contributed by atoms with E-state index in [1.165, 1.54) is 0 Å². The maximum Gasteiger partial charge on any atom is 0.306 e. The summed E-state index contributed by atoms with van der Waals surface area (Å²) < 4.78 is 4.85. The lowest BCUT2D eigenvalue weighted by atomic mass is 10.0. The standard InChI is InChI=1S/C13H15BrO3/c1-2-17-13(16)7-6-10-4-3-5-11(8-10)12(15)9-14/h3-5,8H,2,6-7,9H2,1H3. The molecule has 17 heavy (non-hydrogen) atoms. The number of rotatable bonds is 6. The molecule has 0 aliphatic rings. The molecule has 3 nitrogen and oxygen atoms in total. The van der Waals surface area contributed by atoms with Gasteiger partial charge in [-0.15, -0.1) is 0 Å². The molecule has 0 N–H and O–H groups in total. The highest BCUT2D eigenvalue weighted by Gasteiger charge is 2.06. The first kappa shape index (κ1) is 13.9. The van der Waals surface area contributed by atoms with E-state index in [2.05, 4.69) is 15.9 Å². The molecule has 0 amide bonds. The van der Waals surface area contributed by atoms with Crippen LogP contribution < -0.4 is 0 Å². The number of ketones is 1. The van der Waals surface area contributed by atoms with Crippen molar-refractivity contribution < 1.29 is 14.3 Å². The molecule has 0 fully saturated rings. The molecule has 0 heterocycles. The number of halogens is 1. The maximum absolute atomic E-state index is 11.5. The van der Waals surface area contributed by atoms with E-state index in [0.29, 0.717) is 30.3 Å². The molecular weight excluding hydrogens is 284 g/mol. The Kier molecular flexibility index (Phi) is 5.91. The lowest BCUT2D eigenvalue weighted by Crippen LogP contribution is -2.06. The van der Waals surface area contributed by atoms with Crippen LogP contribution in [0.3, 0.4) is 0 Å². The molecule has 0 aliphatic heterocycles. The van der Waals surface area contributed by atoms with Crippen LogP contribution in [0.15, 0.2) is 24.3 Å². The summed E-state index contributed by atoms with van der Waals surface area (Å²) in [6, 6.07) is 7.33. The van der Waals surface area contributed by atoms with Gasteiger partial charge in [-0.1, -0.05) is 34.1 Å². The average molecular weight is 299 g/mol. The Hall–Kier alpha value is -1.16. The zero-order valence-corrected chi connectivity index (χ0v) is 11.3. The minimum Gasteiger partial charge on any atom is -0.466 e. The van der Waals surface area contributed by atoms with Crippen LogP contribution in [-0.2, 0) is 16.0 Å². The molecule has 0 aromatic heterocycles. The van der Waals surface area contributed by atoms with Gasteiger partial charge in [0.05, 0.1) is 11.9 Å². The van der Waals surface area contributed by atoms with Crippen molar-refractivity contribution >= 4 is 27.7 Å². The number of hydrogen-bond donors (Lipinski definition) is 0. The molecule has 1 aromatic carbocycles. The second-order valence-corrected chi connectivity index (χ2v) is 4.12. The topological polar surface area (TPSA) is 43.4 Å².